The maximum absolute atomic E-state index is 11.4. The summed E-state index contributed by atoms with van der Waals surface area (Å²) in [4.78, 5) is 20.2. The quantitative estimate of drug-likeness (QED) is 0.556. The van der Waals surface area contributed by atoms with Gasteiger partial charge in [0.05, 0.1) is 12.6 Å². The highest BCUT2D eigenvalue weighted by atomic mass is 16.6. The first-order chi connectivity index (χ1) is 13.1. The van der Waals surface area contributed by atoms with Crippen LogP contribution in [0.2, 0.25) is 0 Å². The van der Waals surface area contributed by atoms with Crippen molar-refractivity contribution in [1.29, 1.82) is 0 Å². The van der Waals surface area contributed by atoms with Crippen molar-refractivity contribution < 1.29 is 14.3 Å². The molecule has 138 valence electrons. The van der Waals surface area contributed by atoms with Gasteiger partial charge >= 0.3 is 5.97 Å². The third-order valence-electron chi connectivity index (χ3n) is 4.95. The first-order valence-electron chi connectivity index (χ1n) is 8.96. The van der Waals surface area contributed by atoms with Gasteiger partial charge in [-0.25, -0.2) is 9.97 Å². The number of ether oxygens (including phenoxy) is 2. The third-order valence-corrected chi connectivity index (χ3v) is 4.95. The van der Waals surface area contributed by atoms with Crippen LogP contribution < -0.4 is 14.8 Å². The molecule has 0 radical (unpaired) electrons. The van der Waals surface area contributed by atoms with Crippen LogP contribution in [0.5, 0.6) is 11.5 Å². The molecule has 0 saturated heterocycles. The Balaban J connectivity index is 1.81. The van der Waals surface area contributed by atoms with Gasteiger partial charge in [0.25, 0.3) is 0 Å². The Hall–Kier alpha value is -3.15. The van der Waals surface area contributed by atoms with Crippen LogP contribution >= 0.6 is 0 Å². The number of esters is 1. The van der Waals surface area contributed by atoms with E-state index in [1.165, 1.54) is 43.5 Å². The van der Waals surface area contributed by atoms with Gasteiger partial charge in [-0.15, -0.1) is 0 Å². The molecule has 1 aromatic heterocycles. The molecule has 1 N–H and O–H groups in total. The summed E-state index contributed by atoms with van der Waals surface area (Å²) in [6.07, 6.45) is 4.88. The van der Waals surface area contributed by atoms with E-state index < -0.39 is 5.97 Å². The van der Waals surface area contributed by atoms with Crippen molar-refractivity contribution in [3.8, 4) is 11.5 Å². The summed E-state index contributed by atoms with van der Waals surface area (Å²) in [7, 11) is 1.53. The van der Waals surface area contributed by atoms with Crippen LogP contribution in [0.1, 0.15) is 30.0 Å². The minimum absolute atomic E-state index is 0.351. The number of benzene rings is 2. The van der Waals surface area contributed by atoms with Gasteiger partial charge in [0, 0.05) is 24.1 Å². The molecule has 6 nitrogen and oxygen atoms in total. The number of aromatic nitrogens is 2. The SMILES string of the molecule is COc1cc2ncnc(Nc3ccc(C)c4c3CCC4)c2cc1OC(C)=O. The van der Waals surface area contributed by atoms with E-state index in [1.54, 1.807) is 12.1 Å². The lowest BCUT2D eigenvalue weighted by atomic mass is 10.0. The van der Waals surface area contributed by atoms with Gasteiger partial charge < -0.3 is 14.8 Å². The summed E-state index contributed by atoms with van der Waals surface area (Å²) in [5, 5.41) is 4.23. The molecule has 0 atom stereocenters. The largest absolute Gasteiger partial charge is 0.493 e. The van der Waals surface area contributed by atoms with Crippen molar-refractivity contribution in [2.75, 3.05) is 12.4 Å². The Morgan fingerprint density at radius 2 is 1.93 bits per heavy atom. The molecule has 1 aliphatic rings. The van der Waals surface area contributed by atoms with Crippen molar-refractivity contribution in [3.05, 3.63) is 47.3 Å². The van der Waals surface area contributed by atoms with Gasteiger partial charge in [0.2, 0.25) is 0 Å². The first-order valence-corrected chi connectivity index (χ1v) is 8.96. The monoisotopic (exact) mass is 363 g/mol. The molecule has 0 bridgehead atoms. The Morgan fingerprint density at radius 1 is 1.11 bits per heavy atom. The van der Waals surface area contributed by atoms with Gasteiger partial charge in [0.1, 0.15) is 12.1 Å². The van der Waals surface area contributed by atoms with Gasteiger partial charge in [-0.05, 0) is 55.0 Å². The second kappa shape index (κ2) is 6.87. The lowest BCUT2D eigenvalue weighted by molar-refractivity contribution is -0.132. The molecule has 4 rings (SSSR count). The van der Waals surface area contributed by atoms with Gasteiger partial charge in [-0.1, -0.05) is 6.07 Å². The number of fused-ring (bicyclic) bond motifs is 2. The number of aryl methyl sites for hydroxylation is 1. The molecule has 27 heavy (non-hydrogen) atoms. The summed E-state index contributed by atoms with van der Waals surface area (Å²) in [6, 6.07) is 7.74. The van der Waals surface area contributed by atoms with E-state index in [0.717, 1.165) is 23.9 Å². The highest BCUT2D eigenvalue weighted by Gasteiger charge is 2.18. The molecule has 1 heterocycles. The molecule has 0 fully saturated rings. The molecule has 0 aliphatic heterocycles. The number of nitrogens with one attached hydrogen (secondary N) is 1. The summed E-state index contributed by atoms with van der Waals surface area (Å²) in [5.41, 5.74) is 5.90. The fraction of sp³-hybridized carbons (Fsp3) is 0.286. The average Bonchev–Trinajstić information content (AvgIpc) is 3.14. The van der Waals surface area contributed by atoms with Crippen LogP contribution in [0, 0.1) is 6.92 Å². The molecule has 2 aromatic carbocycles. The number of carbonyl (C=O) groups excluding carboxylic acids is 1. The van der Waals surface area contributed by atoms with Crippen LogP contribution in [-0.2, 0) is 17.6 Å². The number of nitrogens with zero attached hydrogens (tertiary/aromatic N) is 2. The smallest absolute Gasteiger partial charge is 0.308 e. The zero-order valence-electron chi connectivity index (χ0n) is 15.6. The van der Waals surface area contributed by atoms with Gasteiger partial charge in [0.15, 0.2) is 11.5 Å². The van der Waals surface area contributed by atoms with E-state index >= 15 is 0 Å². The van der Waals surface area contributed by atoms with Crippen LogP contribution in [0.25, 0.3) is 10.9 Å². The number of rotatable bonds is 4. The van der Waals surface area contributed by atoms with Crippen LogP contribution in [0.15, 0.2) is 30.6 Å². The fourth-order valence-corrected chi connectivity index (χ4v) is 3.69. The molecular formula is C21H21N3O3. The van der Waals surface area contributed by atoms with E-state index in [0.29, 0.717) is 22.8 Å². The second-order valence-electron chi connectivity index (χ2n) is 6.70. The maximum atomic E-state index is 11.4. The first kappa shape index (κ1) is 17.3. The highest BCUT2D eigenvalue weighted by Crippen LogP contribution is 2.37. The molecule has 0 unspecified atom stereocenters. The molecule has 6 heteroatoms. The summed E-state index contributed by atoms with van der Waals surface area (Å²) < 4.78 is 10.6. The highest BCUT2D eigenvalue weighted by molar-refractivity contribution is 5.94. The summed E-state index contributed by atoms with van der Waals surface area (Å²) in [6.45, 7) is 3.52. The number of carbonyl (C=O) groups is 1. The van der Waals surface area contributed by atoms with E-state index in [2.05, 4.69) is 34.3 Å². The lowest BCUT2D eigenvalue weighted by Gasteiger charge is -2.15. The van der Waals surface area contributed by atoms with Gasteiger partial charge in [-0.3, -0.25) is 4.79 Å². The Labute approximate surface area is 157 Å². The van der Waals surface area contributed by atoms with E-state index in [-0.39, 0.29) is 0 Å². The average molecular weight is 363 g/mol. The van der Waals surface area contributed by atoms with Crippen molar-refractivity contribution in [2.24, 2.45) is 0 Å². The predicted molar refractivity (Wildman–Crippen MR) is 104 cm³/mol. The molecule has 3 aromatic rings. The minimum atomic E-state index is -0.407. The third kappa shape index (κ3) is 3.18. The number of anilines is 2. The van der Waals surface area contributed by atoms with E-state index in [4.69, 9.17) is 9.47 Å². The molecule has 0 spiro atoms. The standard InChI is InChI=1S/C21H21N3O3/c1-12-7-8-17(15-6-4-5-14(12)15)24-21-16-9-20(27-13(2)25)19(26-3)10-18(16)22-11-23-21/h7-11H,4-6H2,1-3H3,(H,22,23,24). The maximum Gasteiger partial charge on any atom is 0.308 e. The Morgan fingerprint density at radius 3 is 2.70 bits per heavy atom. The number of methoxy groups -OCH3 is 1. The normalized spacial score (nSPS) is 12.7. The van der Waals surface area contributed by atoms with Crippen LogP contribution in [0.4, 0.5) is 11.5 Å². The summed E-state index contributed by atoms with van der Waals surface area (Å²) >= 11 is 0. The molecular weight excluding hydrogens is 342 g/mol. The molecule has 1 aliphatic carbocycles. The number of hydrogen-bond donors (Lipinski definition) is 1. The lowest BCUT2D eigenvalue weighted by Crippen LogP contribution is -2.04. The summed E-state index contributed by atoms with van der Waals surface area (Å²) in [5.74, 6) is 1.08. The minimum Gasteiger partial charge on any atom is -0.493 e. The molecule has 0 amide bonds. The van der Waals surface area contributed by atoms with E-state index in [1.807, 2.05) is 0 Å². The van der Waals surface area contributed by atoms with Crippen molar-refractivity contribution in [1.82, 2.24) is 9.97 Å². The van der Waals surface area contributed by atoms with Crippen LogP contribution in [0.3, 0.4) is 0 Å². The van der Waals surface area contributed by atoms with Crippen molar-refractivity contribution in [3.63, 3.8) is 0 Å². The van der Waals surface area contributed by atoms with E-state index in [9.17, 15) is 4.79 Å². The van der Waals surface area contributed by atoms with Gasteiger partial charge in [-0.2, -0.15) is 0 Å². The zero-order valence-corrected chi connectivity index (χ0v) is 15.6. The van der Waals surface area contributed by atoms with Crippen molar-refractivity contribution >= 4 is 28.4 Å². The Kier molecular flexibility index (Phi) is 4.39. The second-order valence-corrected chi connectivity index (χ2v) is 6.70. The zero-order chi connectivity index (χ0) is 19.0. The van der Waals surface area contributed by atoms with Crippen LogP contribution in [-0.4, -0.2) is 23.0 Å². The number of hydrogen-bond acceptors (Lipinski definition) is 6. The molecule has 0 saturated carbocycles. The Bertz CT molecular complexity index is 1050. The predicted octanol–water partition coefficient (Wildman–Crippen LogP) is 4.10. The van der Waals surface area contributed by atoms with Crippen molar-refractivity contribution in [2.45, 2.75) is 33.1 Å². The topological polar surface area (TPSA) is 73.3 Å². The fourth-order valence-electron chi connectivity index (χ4n) is 3.69.